The summed E-state index contributed by atoms with van der Waals surface area (Å²) in [6, 6.07) is 17.7. The van der Waals surface area contributed by atoms with E-state index in [1.165, 1.54) is 0 Å². The van der Waals surface area contributed by atoms with Crippen LogP contribution in [0.1, 0.15) is 37.8 Å². The van der Waals surface area contributed by atoms with Gasteiger partial charge in [-0.05, 0) is 38.0 Å². The second-order valence-electron chi connectivity index (χ2n) is 6.74. The van der Waals surface area contributed by atoms with Crippen molar-refractivity contribution in [3.05, 3.63) is 65.7 Å². The molecule has 0 unspecified atom stereocenters. The average Bonchev–Trinajstić information content (AvgIpc) is 2.69. The molecule has 28 heavy (non-hydrogen) atoms. The van der Waals surface area contributed by atoms with E-state index in [0.29, 0.717) is 31.7 Å². The van der Waals surface area contributed by atoms with Crippen LogP contribution in [-0.4, -0.2) is 35.1 Å². The van der Waals surface area contributed by atoms with Crippen LogP contribution in [0.3, 0.4) is 0 Å². The van der Waals surface area contributed by atoms with Gasteiger partial charge in [-0.15, -0.1) is 11.8 Å². The Kier molecular flexibility index (Phi) is 9.08. The van der Waals surface area contributed by atoms with Gasteiger partial charge in [0.2, 0.25) is 11.8 Å². The van der Waals surface area contributed by atoms with Gasteiger partial charge in [0.15, 0.2) is 0 Å². The number of aryl methyl sites for hydroxylation is 1. The Balaban J connectivity index is 2.11. The molecule has 0 fully saturated rings. The van der Waals surface area contributed by atoms with Crippen LogP contribution in [0.2, 0.25) is 0 Å². The Morgan fingerprint density at radius 1 is 1.07 bits per heavy atom. The Morgan fingerprint density at radius 3 is 2.46 bits per heavy atom. The van der Waals surface area contributed by atoms with Gasteiger partial charge in [0.1, 0.15) is 6.04 Å². The van der Waals surface area contributed by atoms with Crippen LogP contribution in [0.15, 0.2) is 59.5 Å². The van der Waals surface area contributed by atoms with E-state index >= 15 is 0 Å². The first-order chi connectivity index (χ1) is 13.5. The van der Waals surface area contributed by atoms with Gasteiger partial charge in [0, 0.05) is 30.2 Å². The molecule has 0 radical (unpaired) electrons. The number of carbonyl (C=O) groups excluding carboxylic acids is 2. The van der Waals surface area contributed by atoms with E-state index in [1.54, 1.807) is 16.7 Å². The minimum atomic E-state index is -0.449. The first-order valence-corrected chi connectivity index (χ1v) is 10.8. The van der Waals surface area contributed by atoms with E-state index in [9.17, 15) is 9.59 Å². The van der Waals surface area contributed by atoms with E-state index < -0.39 is 6.04 Å². The smallest absolute Gasteiger partial charge is 0.242 e. The monoisotopic (exact) mass is 398 g/mol. The normalized spacial score (nSPS) is 11.7. The molecule has 1 atom stereocenters. The highest BCUT2D eigenvalue weighted by Crippen LogP contribution is 2.20. The first kappa shape index (κ1) is 22.0. The first-order valence-electron chi connectivity index (χ1n) is 9.85. The lowest BCUT2D eigenvalue weighted by atomic mass is 10.1. The number of nitrogens with one attached hydrogen (secondary N) is 1. The Labute approximate surface area is 172 Å². The van der Waals surface area contributed by atoms with Gasteiger partial charge in [0.25, 0.3) is 0 Å². The fourth-order valence-electron chi connectivity index (χ4n) is 3.14. The maximum Gasteiger partial charge on any atom is 0.242 e. The largest absolute Gasteiger partial charge is 0.355 e. The number of rotatable bonds is 10. The maximum absolute atomic E-state index is 13.1. The highest BCUT2D eigenvalue weighted by atomic mass is 32.2. The van der Waals surface area contributed by atoms with Gasteiger partial charge in [-0.3, -0.25) is 9.59 Å². The molecule has 150 valence electrons. The van der Waals surface area contributed by atoms with Gasteiger partial charge < -0.3 is 10.2 Å². The SMILES string of the molecule is CCNC(=O)[C@H](CC)N(Cc1cccc(C)c1)C(=O)CCSc1ccccc1. The number of amides is 2. The fraction of sp³-hybridized carbons (Fsp3) is 0.391. The second-order valence-corrected chi connectivity index (χ2v) is 7.91. The van der Waals surface area contributed by atoms with Crippen LogP contribution in [0.5, 0.6) is 0 Å². The van der Waals surface area contributed by atoms with Crippen LogP contribution in [0.25, 0.3) is 0 Å². The predicted octanol–water partition coefficient (Wildman–Crippen LogP) is 4.42. The van der Waals surface area contributed by atoms with Crippen molar-refractivity contribution in [3.8, 4) is 0 Å². The van der Waals surface area contributed by atoms with Gasteiger partial charge in [-0.1, -0.05) is 55.0 Å². The topological polar surface area (TPSA) is 49.4 Å². The molecule has 0 bridgehead atoms. The molecule has 5 heteroatoms. The summed E-state index contributed by atoms with van der Waals surface area (Å²) < 4.78 is 0. The quantitative estimate of drug-likeness (QED) is 0.603. The molecule has 2 rings (SSSR count). The van der Waals surface area contributed by atoms with E-state index in [0.717, 1.165) is 16.0 Å². The molecule has 1 N–H and O–H groups in total. The minimum Gasteiger partial charge on any atom is -0.355 e. The standard InChI is InChI=1S/C23H30N2O2S/c1-4-21(23(27)24-5-2)25(17-19-11-9-10-18(3)16-19)22(26)14-15-28-20-12-7-6-8-13-20/h6-13,16,21H,4-5,14-15,17H2,1-3H3,(H,24,27)/t21-/m0/s1. The summed E-state index contributed by atoms with van der Waals surface area (Å²) in [7, 11) is 0. The van der Waals surface area contributed by atoms with E-state index in [-0.39, 0.29) is 11.8 Å². The Hall–Kier alpha value is -2.27. The van der Waals surface area contributed by atoms with Crippen LogP contribution < -0.4 is 5.32 Å². The lowest BCUT2D eigenvalue weighted by molar-refractivity contribution is -0.141. The van der Waals surface area contributed by atoms with E-state index in [2.05, 4.69) is 11.4 Å². The summed E-state index contributed by atoms with van der Waals surface area (Å²) in [6.45, 7) is 6.90. The summed E-state index contributed by atoms with van der Waals surface area (Å²) >= 11 is 1.66. The molecule has 0 aliphatic heterocycles. The van der Waals surface area contributed by atoms with E-state index in [4.69, 9.17) is 0 Å². The Bertz CT molecular complexity index is 764. The molecular weight excluding hydrogens is 368 g/mol. The van der Waals surface area contributed by atoms with Crippen molar-refractivity contribution in [2.75, 3.05) is 12.3 Å². The number of benzene rings is 2. The number of thioether (sulfide) groups is 1. The molecule has 0 aliphatic carbocycles. The number of carbonyl (C=O) groups is 2. The van der Waals surface area contributed by atoms with Crippen molar-refractivity contribution < 1.29 is 9.59 Å². The summed E-state index contributed by atoms with van der Waals surface area (Å²) in [5.74, 6) is 0.628. The molecule has 0 saturated heterocycles. The molecule has 2 aromatic rings. The summed E-state index contributed by atoms with van der Waals surface area (Å²) in [5.41, 5.74) is 2.20. The molecule has 4 nitrogen and oxygen atoms in total. The van der Waals surface area contributed by atoms with Crippen LogP contribution in [0.4, 0.5) is 0 Å². The van der Waals surface area contributed by atoms with Gasteiger partial charge in [0.05, 0.1) is 0 Å². The molecule has 0 saturated carbocycles. The molecule has 0 aliphatic rings. The zero-order valence-electron chi connectivity index (χ0n) is 17.0. The maximum atomic E-state index is 13.1. The molecule has 0 heterocycles. The van der Waals surface area contributed by atoms with Crippen molar-refractivity contribution >= 4 is 23.6 Å². The Morgan fingerprint density at radius 2 is 1.82 bits per heavy atom. The van der Waals surface area contributed by atoms with Crippen molar-refractivity contribution in [2.45, 2.75) is 51.1 Å². The molecular formula is C23H30N2O2S. The lowest BCUT2D eigenvalue weighted by Gasteiger charge is -2.30. The third kappa shape index (κ3) is 6.71. The highest BCUT2D eigenvalue weighted by molar-refractivity contribution is 7.99. The lowest BCUT2D eigenvalue weighted by Crippen LogP contribution is -2.49. The highest BCUT2D eigenvalue weighted by Gasteiger charge is 2.28. The third-order valence-electron chi connectivity index (χ3n) is 4.50. The van der Waals surface area contributed by atoms with Crippen molar-refractivity contribution in [3.63, 3.8) is 0 Å². The number of nitrogens with zero attached hydrogens (tertiary/aromatic N) is 1. The average molecular weight is 399 g/mol. The van der Waals surface area contributed by atoms with Gasteiger partial charge in [-0.2, -0.15) is 0 Å². The van der Waals surface area contributed by atoms with Crippen molar-refractivity contribution in [2.24, 2.45) is 0 Å². The van der Waals surface area contributed by atoms with Crippen molar-refractivity contribution in [1.29, 1.82) is 0 Å². The summed E-state index contributed by atoms with van der Waals surface area (Å²) in [4.78, 5) is 28.5. The van der Waals surface area contributed by atoms with Crippen LogP contribution >= 0.6 is 11.8 Å². The summed E-state index contributed by atoms with van der Waals surface area (Å²) in [6.07, 6.45) is 0.997. The van der Waals surface area contributed by atoms with Crippen LogP contribution in [0, 0.1) is 6.92 Å². The number of hydrogen-bond acceptors (Lipinski definition) is 3. The number of hydrogen-bond donors (Lipinski definition) is 1. The van der Waals surface area contributed by atoms with Crippen LogP contribution in [-0.2, 0) is 16.1 Å². The molecule has 2 amide bonds. The summed E-state index contributed by atoms with van der Waals surface area (Å²) in [5, 5.41) is 2.87. The fourth-order valence-corrected chi connectivity index (χ4v) is 4.00. The van der Waals surface area contributed by atoms with Gasteiger partial charge >= 0.3 is 0 Å². The molecule has 0 spiro atoms. The molecule has 2 aromatic carbocycles. The molecule has 0 aromatic heterocycles. The number of likely N-dealkylation sites (N-methyl/N-ethyl adjacent to an activating group) is 1. The van der Waals surface area contributed by atoms with Gasteiger partial charge in [-0.25, -0.2) is 0 Å². The zero-order chi connectivity index (χ0) is 20.4. The van der Waals surface area contributed by atoms with Crippen molar-refractivity contribution in [1.82, 2.24) is 10.2 Å². The third-order valence-corrected chi connectivity index (χ3v) is 5.51. The zero-order valence-corrected chi connectivity index (χ0v) is 17.8. The second kappa shape index (κ2) is 11.5. The minimum absolute atomic E-state index is 0.0167. The van der Waals surface area contributed by atoms with E-state index in [1.807, 2.05) is 69.3 Å². The predicted molar refractivity (Wildman–Crippen MR) is 116 cm³/mol.